The summed E-state index contributed by atoms with van der Waals surface area (Å²) in [6.45, 7) is 2.67. The number of benzene rings is 1. The van der Waals surface area contributed by atoms with Crippen LogP contribution in [0.4, 0.5) is 16.2 Å². The molecule has 144 valence electrons. The number of ether oxygens (including phenoxy) is 1. The summed E-state index contributed by atoms with van der Waals surface area (Å²) in [4.78, 5) is 35.9. The molecule has 4 rings (SSSR count). The Labute approximate surface area is 160 Å². The number of fused-ring (bicyclic) bond motifs is 3. The van der Waals surface area contributed by atoms with Crippen LogP contribution in [0.2, 0.25) is 0 Å². The molecule has 0 radical (unpaired) electrons. The lowest BCUT2D eigenvalue weighted by Crippen LogP contribution is -2.47. The third kappa shape index (κ3) is 2.72. The van der Waals surface area contributed by atoms with Crippen molar-refractivity contribution in [3.8, 4) is 5.75 Å². The normalized spacial score (nSPS) is 13.6. The first kappa shape index (κ1) is 17.8. The van der Waals surface area contributed by atoms with E-state index < -0.39 is 5.91 Å². The van der Waals surface area contributed by atoms with Gasteiger partial charge in [-0.3, -0.25) is 19.8 Å². The molecule has 0 spiro atoms. The molecule has 0 unspecified atom stereocenters. The summed E-state index contributed by atoms with van der Waals surface area (Å²) in [7, 11) is 1.47. The zero-order valence-electron chi connectivity index (χ0n) is 15.4. The van der Waals surface area contributed by atoms with Crippen LogP contribution < -0.4 is 20.0 Å². The lowest BCUT2D eigenvalue weighted by Gasteiger charge is -2.37. The summed E-state index contributed by atoms with van der Waals surface area (Å²) in [5.74, 6) is -0.287. The fraction of sp³-hybridized carbons (Fsp3) is 0.211. The van der Waals surface area contributed by atoms with Crippen LogP contribution in [0.5, 0.6) is 5.75 Å². The summed E-state index contributed by atoms with van der Waals surface area (Å²) in [6.07, 6.45) is 3.54. The Balaban J connectivity index is 1.83. The van der Waals surface area contributed by atoms with Gasteiger partial charge in [0, 0.05) is 41.5 Å². The maximum atomic E-state index is 13.3. The number of carbonyl (C=O) groups excluding carboxylic acids is 2. The lowest BCUT2D eigenvalue weighted by molar-refractivity contribution is 0.0706. The van der Waals surface area contributed by atoms with Gasteiger partial charge in [0.1, 0.15) is 11.4 Å². The third-order valence-electron chi connectivity index (χ3n) is 4.81. The number of carbonyl (C=O) groups is 2. The molecule has 0 aliphatic carbocycles. The highest BCUT2D eigenvalue weighted by molar-refractivity contribution is 6.11. The Hall–Kier alpha value is -3.59. The highest BCUT2D eigenvalue weighted by Crippen LogP contribution is 2.37. The summed E-state index contributed by atoms with van der Waals surface area (Å²) in [5, 5.41) is 9.84. The van der Waals surface area contributed by atoms with Crippen LogP contribution in [0.1, 0.15) is 22.8 Å². The fourth-order valence-electron chi connectivity index (χ4n) is 3.50. The third-order valence-corrected chi connectivity index (χ3v) is 4.81. The minimum absolute atomic E-state index is 0.178. The molecule has 3 N–H and O–H groups in total. The molecule has 0 saturated carbocycles. The Morgan fingerprint density at radius 1 is 1.39 bits per heavy atom. The van der Waals surface area contributed by atoms with Crippen LogP contribution in [0.15, 0.2) is 36.7 Å². The van der Waals surface area contributed by atoms with Crippen LogP contribution in [0.25, 0.3) is 11.0 Å². The number of hydrogen-bond donors (Lipinski definition) is 3. The highest BCUT2D eigenvalue weighted by atomic mass is 16.5. The van der Waals surface area contributed by atoms with Crippen molar-refractivity contribution < 1.29 is 19.5 Å². The van der Waals surface area contributed by atoms with E-state index in [-0.39, 0.29) is 11.6 Å². The first-order chi connectivity index (χ1) is 13.6. The number of urea groups is 1. The van der Waals surface area contributed by atoms with Crippen LogP contribution in [0, 0.1) is 0 Å². The summed E-state index contributed by atoms with van der Waals surface area (Å²) < 4.78 is 5.26. The Morgan fingerprint density at radius 2 is 2.21 bits per heavy atom. The van der Waals surface area contributed by atoms with Crippen molar-refractivity contribution in [3.63, 3.8) is 0 Å². The fourth-order valence-corrected chi connectivity index (χ4v) is 3.50. The molecule has 9 heteroatoms. The number of pyridine rings is 1. The number of rotatable bonds is 4. The van der Waals surface area contributed by atoms with Gasteiger partial charge in [0.25, 0.3) is 5.91 Å². The van der Waals surface area contributed by atoms with E-state index in [0.717, 1.165) is 22.3 Å². The predicted molar refractivity (Wildman–Crippen MR) is 103 cm³/mol. The van der Waals surface area contributed by atoms with Crippen molar-refractivity contribution in [2.45, 2.75) is 13.5 Å². The number of anilines is 2. The maximum Gasteiger partial charge on any atom is 0.329 e. The van der Waals surface area contributed by atoms with Crippen LogP contribution in [0.3, 0.4) is 0 Å². The Bertz CT molecular complexity index is 1080. The number of H-pyrrole nitrogens is 1. The van der Waals surface area contributed by atoms with Gasteiger partial charge in [-0.15, -0.1) is 0 Å². The topological polar surface area (TPSA) is 111 Å². The van der Waals surface area contributed by atoms with Gasteiger partial charge in [-0.25, -0.2) is 15.3 Å². The van der Waals surface area contributed by atoms with E-state index in [1.807, 2.05) is 13.0 Å². The number of aromatic nitrogens is 2. The maximum absolute atomic E-state index is 13.3. The number of aromatic amines is 1. The first-order valence-electron chi connectivity index (χ1n) is 8.74. The van der Waals surface area contributed by atoms with E-state index in [9.17, 15) is 9.59 Å². The van der Waals surface area contributed by atoms with Crippen molar-refractivity contribution in [3.05, 3.63) is 47.8 Å². The standard InChI is InChI=1S/C19H19N5O4/c1-3-23-16-12(9-21-17-15(16)4-5-20-17)10-24(19(23)26)13-6-11(18(25)22-27)7-14(8-13)28-2/h4-9,27H,3,10H2,1-2H3,(H,20,21)(H,22,25). The van der Waals surface area contributed by atoms with Crippen molar-refractivity contribution in [2.75, 3.05) is 23.5 Å². The van der Waals surface area contributed by atoms with E-state index in [1.165, 1.54) is 19.2 Å². The lowest BCUT2D eigenvalue weighted by atomic mass is 10.1. The van der Waals surface area contributed by atoms with E-state index >= 15 is 0 Å². The molecule has 1 aromatic carbocycles. The van der Waals surface area contributed by atoms with Crippen molar-refractivity contribution in [2.24, 2.45) is 0 Å². The Kier molecular flexibility index (Phi) is 4.36. The quantitative estimate of drug-likeness (QED) is 0.475. The summed E-state index contributed by atoms with van der Waals surface area (Å²) in [6, 6.07) is 6.38. The van der Waals surface area contributed by atoms with E-state index in [1.54, 1.807) is 33.7 Å². The molecular weight excluding hydrogens is 362 g/mol. The molecule has 28 heavy (non-hydrogen) atoms. The number of nitrogens with zero attached hydrogens (tertiary/aromatic N) is 3. The molecule has 1 aliphatic rings. The monoisotopic (exact) mass is 381 g/mol. The highest BCUT2D eigenvalue weighted by Gasteiger charge is 2.33. The number of methoxy groups -OCH3 is 1. The predicted octanol–water partition coefficient (Wildman–Crippen LogP) is 2.66. The SMILES string of the molecule is CCN1C(=O)N(c2cc(OC)cc(C(=O)NO)c2)Cc2cnc3[nH]ccc3c21. The minimum atomic E-state index is -0.687. The number of amides is 3. The van der Waals surface area contributed by atoms with E-state index in [0.29, 0.717) is 24.5 Å². The van der Waals surface area contributed by atoms with Gasteiger partial charge in [-0.1, -0.05) is 0 Å². The average Bonchev–Trinajstić information content (AvgIpc) is 3.21. The van der Waals surface area contributed by atoms with E-state index in [4.69, 9.17) is 9.94 Å². The van der Waals surface area contributed by atoms with Gasteiger partial charge in [-0.05, 0) is 25.1 Å². The van der Waals surface area contributed by atoms with Crippen molar-refractivity contribution in [1.29, 1.82) is 0 Å². The molecule has 3 amide bonds. The van der Waals surface area contributed by atoms with Gasteiger partial charge in [0.15, 0.2) is 0 Å². The molecule has 3 heterocycles. The second-order valence-corrected chi connectivity index (χ2v) is 6.35. The molecule has 3 aromatic rings. The number of nitrogens with one attached hydrogen (secondary N) is 2. The molecule has 2 aromatic heterocycles. The molecule has 0 bridgehead atoms. The minimum Gasteiger partial charge on any atom is -0.497 e. The first-order valence-corrected chi connectivity index (χ1v) is 8.74. The molecule has 9 nitrogen and oxygen atoms in total. The average molecular weight is 381 g/mol. The molecule has 0 atom stereocenters. The summed E-state index contributed by atoms with van der Waals surface area (Å²) >= 11 is 0. The van der Waals surface area contributed by atoms with Crippen molar-refractivity contribution >= 4 is 34.3 Å². The summed E-state index contributed by atoms with van der Waals surface area (Å²) in [5.41, 5.74) is 4.73. The van der Waals surface area contributed by atoms with Gasteiger partial charge in [-0.2, -0.15) is 0 Å². The van der Waals surface area contributed by atoms with Crippen LogP contribution >= 0.6 is 0 Å². The van der Waals surface area contributed by atoms with E-state index in [2.05, 4.69) is 9.97 Å². The molecular formula is C19H19N5O4. The zero-order chi connectivity index (χ0) is 19.8. The van der Waals surface area contributed by atoms with Gasteiger partial charge < -0.3 is 9.72 Å². The smallest absolute Gasteiger partial charge is 0.329 e. The number of hydrogen-bond acceptors (Lipinski definition) is 5. The van der Waals surface area contributed by atoms with Gasteiger partial charge in [0.2, 0.25) is 0 Å². The second-order valence-electron chi connectivity index (χ2n) is 6.35. The van der Waals surface area contributed by atoms with Gasteiger partial charge >= 0.3 is 6.03 Å². The number of hydroxylamine groups is 1. The second kappa shape index (κ2) is 6.86. The van der Waals surface area contributed by atoms with Crippen molar-refractivity contribution in [1.82, 2.24) is 15.4 Å². The molecule has 1 aliphatic heterocycles. The van der Waals surface area contributed by atoms with Crippen LogP contribution in [-0.4, -0.2) is 40.8 Å². The largest absolute Gasteiger partial charge is 0.497 e. The van der Waals surface area contributed by atoms with Crippen LogP contribution in [-0.2, 0) is 6.54 Å². The Morgan fingerprint density at radius 3 is 2.93 bits per heavy atom. The van der Waals surface area contributed by atoms with Gasteiger partial charge in [0.05, 0.1) is 25.0 Å². The zero-order valence-corrected chi connectivity index (χ0v) is 15.4. The molecule has 0 saturated heterocycles. The molecule has 0 fully saturated rings.